The molecule has 7 nitrogen and oxygen atoms in total. The van der Waals surface area contributed by atoms with Crippen molar-refractivity contribution in [3.8, 4) is 0 Å². The van der Waals surface area contributed by atoms with E-state index in [9.17, 15) is 14.4 Å². The largest absolute Gasteiger partial charge is 0.368 e. The van der Waals surface area contributed by atoms with E-state index in [1.165, 1.54) is 5.56 Å². The molecule has 3 amide bonds. The molecule has 2 aliphatic heterocycles. The molecule has 0 radical (unpaired) electrons. The lowest BCUT2D eigenvalue weighted by atomic mass is 10.1. The van der Waals surface area contributed by atoms with Crippen LogP contribution in [0.3, 0.4) is 0 Å². The summed E-state index contributed by atoms with van der Waals surface area (Å²) in [7, 11) is 0. The van der Waals surface area contributed by atoms with Gasteiger partial charge in [0.1, 0.15) is 6.04 Å². The Kier molecular flexibility index (Phi) is 5.88. The number of hydrogen-bond acceptors (Lipinski definition) is 4. The molecule has 7 heteroatoms. The number of benzene rings is 1. The van der Waals surface area contributed by atoms with E-state index in [1.54, 1.807) is 9.80 Å². The zero-order valence-corrected chi connectivity index (χ0v) is 15.0. The van der Waals surface area contributed by atoms with E-state index >= 15 is 0 Å². The number of carbonyl (C=O) groups excluding carboxylic acids is 3. The minimum Gasteiger partial charge on any atom is -0.368 e. The number of hydrogen-bond donors (Lipinski definition) is 1. The first kappa shape index (κ1) is 18.4. The summed E-state index contributed by atoms with van der Waals surface area (Å²) in [4.78, 5) is 41.5. The van der Waals surface area contributed by atoms with Gasteiger partial charge in [0.2, 0.25) is 17.7 Å². The Hall–Kier alpha value is -2.41. The van der Waals surface area contributed by atoms with Crippen molar-refractivity contribution in [2.24, 2.45) is 5.73 Å². The number of likely N-dealkylation sites (tertiary alicyclic amines) is 1. The fourth-order valence-electron chi connectivity index (χ4n) is 3.64. The van der Waals surface area contributed by atoms with Gasteiger partial charge in [0, 0.05) is 39.1 Å². The molecule has 2 heterocycles. The molecule has 0 bridgehead atoms. The maximum atomic E-state index is 12.5. The Balaban J connectivity index is 1.56. The standard InChI is InChI=1S/C19H26N4O3/c20-19(26)16-13-23(18(25)14-22-9-4-7-17(22)24)12-11-21(16)10-8-15-5-2-1-3-6-15/h1-3,5-6,16H,4,7-14H2,(H2,20,26)/t16-/m1/s1. The number of primary amides is 1. The molecule has 140 valence electrons. The van der Waals surface area contributed by atoms with E-state index < -0.39 is 11.9 Å². The fourth-order valence-corrected chi connectivity index (χ4v) is 3.64. The summed E-state index contributed by atoms with van der Waals surface area (Å²) in [6.07, 6.45) is 2.16. The van der Waals surface area contributed by atoms with Crippen LogP contribution in [0.5, 0.6) is 0 Å². The normalized spacial score (nSPS) is 21.2. The van der Waals surface area contributed by atoms with Gasteiger partial charge in [0.05, 0.1) is 6.54 Å². The number of nitrogens with two attached hydrogens (primary N) is 1. The van der Waals surface area contributed by atoms with Crippen LogP contribution in [-0.4, -0.2) is 77.7 Å². The third-order valence-corrected chi connectivity index (χ3v) is 5.20. The van der Waals surface area contributed by atoms with Crippen LogP contribution in [-0.2, 0) is 20.8 Å². The van der Waals surface area contributed by atoms with E-state index in [2.05, 4.69) is 17.0 Å². The SMILES string of the molecule is NC(=O)[C@H]1CN(C(=O)CN2CCCC2=O)CCN1CCc1ccccc1. The molecule has 0 unspecified atom stereocenters. The highest BCUT2D eigenvalue weighted by Crippen LogP contribution is 2.14. The Morgan fingerprint density at radius 1 is 1.12 bits per heavy atom. The monoisotopic (exact) mass is 358 g/mol. The minimum atomic E-state index is -0.481. The first-order valence-electron chi connectivity index (χ1n) is 9.17. The summed E-state index contributed by atoms with van der Waals surface area (Å²) in [6.45, 7) is 2.93. The van der Waals surface area contributed by atoms with Crippen molar-refractivity contribution < 1.29 is 14.4 Å². The lowest BCUT2D eigenvalue weighted by Gasteiger charge is -2.40. The molecule has 0 saturated carbocycles. The van der Waals surface area contributed by atoms with Gasteiger partial charge < -0.3 is 15.5 Å². The molecule has 1 atom stereocenters. The van der Waals surface area contributed by atoms with Crippen LogP contribution in [0, 0.1) is 0 Å². The molecular formula is C19H26N4O3. The number of amides is 3. The van der Waals surface area contributed by atoms with Gasteiger partial charge in [-0.15, -0.1) is 0 Å². The zero-order chi connectivity index (χ0) is 18.5. The van der Waals surface area contributed by atoms with Gasteiger partial charge in [0.25, 0.3) is 0 Å². The highest BCUT2D eigenvalue weighted by Gasteiger charge is 2.34. The summed E-state index contributed by atoms with van der Waals surface area (Å²) in [6, 6.07) is 9.61. The van der Waals surface area contributed by atoms with Crippen LogP contribution < -0.4 is 5.73 Å². The molecule has 26 heavy (non-hydrogen) atoms. The van der Waals surface area contributed by atoms with Crippen molar-refractivity contribution in [3.63, 3.8) is 0 Å². The number of rotatable bonds is 6. The molecule has 1 aromatic carbocycles. The van der Waals surface area contributed by atoms with E-state index in [-0.39, 0.29) is 18.4 Å². The first-order valence-corrected chi connectivity index (χ1v) is 9.17. The summed E-state index contributed by atoms with van der Waals surface area (Å²) in [5, 5.41) is 0. The van der Waals surface area contributed by atoms with Gasteiger partial charge in [-0.05, 0) is 18.4 Å². The third-order valence-electron chi connectivity index (χ3n) is 5.20. The van der Waals surface area contributed by atoms with Crippen molar-refractivity contribution in [1.82, 2.24) is 14.7 Å². The van der Waals surface area contributed by atoms with Gasteiger partial charge in [-0.3, -0.25) is 19.3 Å². The predicted molar refractivity (Wildman–Crippen MR) is 97.1 cm³/mol. The van der Waals surface area contributed by atoms with Crippen LogP contribution >= 0.6 is 0 Å². The molecule has 0 spiro atoms. The quantitative estimate of drug-likeness (QED) is 0.766. The van der Waals surface area contributed by atoms with Crippen molar-refractivity contribution in [3.05, 3.63) is 35.9 Å². The molecule has 1 aromatic rings. The van der Waals surface area contributed by atoms with Crippen molar-refractivity contribution in [2.45, 2.75) is 25.3 Å². The van der Waals surface area contributed by atoms with E-state index in [1.807, 2.05) is 18.2 Å². The summed E-state index contributed by atoms with van der Waals surface area (Å²) in [5.41, 5.74) is 6.80. The topological polar surface area (TPSA) is 87.0 Å². The average Bonchev–Trinajstić information content (AvgIpc) is 3.05. The molecule has 2 saturated heterocycles. The molecule has 0 aliphatic carbocycles. The van der Waals surface area contributed by atoms with Gasteiger partial charge in [-0.2, -0.15) is 0 Å². The number of carbonyl (C=O) groups is 3. The molecular weight excluding hydrogens is 332 g/mol. The van der Waals surface area contributed by atoms with Gasteiger partial charge in [-0.25, -0.2) is 0 Å². The zero-order valence-electron chi connectivity index (χ0n) is 15.0. The van der Waals surface area contributed by atoms with Gasteiger partial charge >= 0.3 is 0 Å². The second kappa shape index (κ2) is 8.31. The maximum Gasteiger partial charge on any atom is 0.242 e. The van der Waals surface area contributed by atoms with Crippen LogP contribution in [0.2, 0.25) is 0 Å². The van der Waals surface area contributed by atoms with Crippen LogP contribution in [0.15, 0.2) is 30.3 Å². The van der Waals surface area contributed by atoms with E-state index in [4.69, 9.17) is 5.73 Å². The second-order valence-corrected chi connectivity index (χ2v) is 6.95. The highest BCUT2D eigenvalue weighted by molar-refractivity contribution is 5.87. The fraction of sp³-hybridized carbons (Fsp3) is 0.526. The van der Waals surface area contributed by atoms with Crippen LogP contribution in [0.25, 0.3) is 0 Å². The molecule has 2 N–H and O–H groups in total. The predicted octanol–water partition coefficient (Wildman–Crippen LogP) is -0.150. The Morgan fingerprint density at radius 2 is 1.88 bits per heavy atom. The summed E-state index contributed by atoms with van der Waals surface area (Å²) >= 11 is 0. The molecule has 2 fully saturated rings. The third kappa shape index (κ3) is 4.40. The highest BCUT2D eigenvalue weighted by atomic mass is 16.2. The smallest absolute Gasteiger partial charge is 0.242 e. The van der Waals surface area contributed by atoms with Gasteiger partial charge in [0.15, 0.2) is 0 Å². The van der Waals surface area contributed by atoms with Crippen LogP contribution in [0.1, 0.15) is 18.4 Å². The first-order chi connectivity index (χ1) is 12.5. The number of piperazine rings is 1. The maximum absolute atomic E-state index is 12.5. The number of nitrogens with zero attached hydrogens (tertiary/aromatic N) is 3. The lowest BCUT2D eigenvalue weighted by Crippen LogP contribution is -2.60. The van der Waals surface area contributed by atoms with Crippen LogP contribution in [0.4, 0.5) is 0 Å². The van der Waals surface area contributed by atoms with Crippen molar-refractivity contribution in [1.29, 1.82) is 0 Å². The van der Waals surface area contributed by atoms with Crippen molar-refractivity contribution >= 4 is 17.7 Å². The van der Waals surface area contributed by atoms with E-state index in [0.29, 0.717) is 32.6 Å². The molecule has 2 aliphatic rings. The molecule has 0 aromatic heterocycles. The molecule has 3 rings (SSSR count). The summed E-state index contributed by atoms with van der Waals surface area (Å²) in [5.74, 6) is -0.478. The second-order valence-electron chi connectivity index (χ2n) is 6.95. The summed E-state index contributed by atoms with van der Waals surface area (Å²) < 4.78 is 0. The van der Waals surface area contributed by atoms with Crippen molar-refractivity contribution in [2.75, 3.05) is 39.3 Å². The Labute approximate surface area is 153 Å². The lowest BCUT2D eigenvalue weighted by molar-refractivity contribution is -0.142. The minimum absolute atomic E-state index is 0.0336. The van der Waals surface area contributed by atoms with Gasteiger partial charge in [-0.1, -0.05) is 30.3 Å². The average molecular weight is 358 g/mol. The Morgan fingerprint density at radius 3 is 2.54 bits per heavy atom. The Bertz CT molecular complexity index is 664. The van der Waals surface area contributed by atoms with E-state index in [0.717, 1.165) is 19.4 Å².